The molecule has 0 N–H and O–H groups in total. The number of ether oxygens (including phenoxy) is 3. The van der Waals surface area contributed by atoms with Gasteiger partial charge in [0, 0.05) is 7.11 Å². The molecular weight excluding hydrogens is 276 g/mol. The molecule has 1 spiro atoms. The summed E-state index contributed by atoms with van der Waals surface area (Å²) in [4.78, 5) is 0. The predicted molar refractivity (Wildman–Crippen MR) is 87.9 cm³/mol. The van der Waals surface area contributed by atoms with Crippen LogP contribution in [0.25, 0.3) is 0 Å². The molecule has 3 rings (SSSR count). The number of allylic oxidation sites excluding steroid dienone is 2. The van der Waals surface area contributed by atoms with Crippen molar-refractivity contribution in [2.45, 2.75) is 76.8 Å². The third kappa shape index (κ3) is 2.68. The van der Waals surface area contributed by atoms with E-state index in [2.05, 4.69) is 39.8 Å². The van der Waals surface area contributed by atoms with Crippen molar-refractivity contribution in [3.05, 3.63) is 23.3 Å². The van der Waals surface area contributed by atoms with Gasteiger partial charge in [0.15, 0.2) is 0 Å². The maximum atomic E-state index is 6.20. The van der Waals surface area contributed by atoms with Gasteiger partial charge in [-0.05, 0) is 52.0 Å². The summed E-state index contributed by atoms with van der Waals surface area (Å²) in [5.74, 6) is 0.312. The van der Waals surface area contributed by atoms with E-state index in [1.165, 1.54) is 11.1 Å². The van der Waals surface area contributed by atoms with Gasteiger partial charge in [-0.25, -0.2) is 0 Å². The highest BCUT2D eigenvalue weighted by molar-refractivity contribution is 5.28. The van der Waals surface area contributed by atoms with Crippen LogP contribution in [0.2, 0.25) is 0 Å². The molecule has 0 aromatic carbocycles. The van der Waals surface area contributed by atoms with Gasteiger partial charge >= 0.3 is 0 Å². The smallest absolute Gasteiger partial charge is 0.101 e. The van der Waals surface area contributed by atoms with Crippen molar-refractivity contribution in [3.63, 3.8) is 0 Å². The second-order valence-corrected chi connectivity index (χ2v) is 7.48. The molecule has 3 fully saturated rings. The Kier molecular flexibility index (Phi) is 4.26. The van der Waals surface area contributed by atoms with Crippen LogP contribution in [0, 0.1) is 5.92 Å². The van der Waals surface area contributed by atoms with E-state index in [1.54, 1.807) is 0 Å². The summed E-state index contributed by atoms with van der Waals surface area (Å²) >= 11 is 0. The second-order valence-electron chi connectivity index (χ2n) is 7.48. The molecule has 1 saturated carbocycles. The lowest BCUT2D eigenvalue weighted by molar-refractivity contribution is -0.0203. The number of hydrogen-bond acceptors (Lipinski definition) is 3. The van der Waals surface area contributed by atoms with Crippen LogP contribution in [-0.2, 0) is 14.2 Å². The maximum absolute atomic E-state index is 6.20. The molecule has 0 amide bonds. The Morgan fingerprint density at radius 3 is 2.68 bits per heavy atom. The van der Waals surface area contributed by atoms with E-state index in [1.807, 2.05) is 7.11 Å². The first-order chi connectivity index (χ1) is 10.5. The minimum absolute atomic E-state index is 0.000230. The highest BCUT2D eigenvalue weighted by Crippen LogP contribution is 2.60. The fourth-order valence-corrected chi connectivity index (χ4v) is 4.32. The monoisotopic (exact) mass is 306 g/mol. The van der Waals surface area contributed by atoms with E-state index in [-0.39, 0.29) is 17.3 Å². The zero-order valence-electron chi connectivity index (χ0n) is 14.6. The zero-order valence-corrected chi connectivity index (χ0v) is 14.6. The van der Waals surface area contributed by atoms with Gasteiger partial charge < -0.3 is 14.2 Å². The third-order valence-electron chi connectivity index (χ3n) is 5.64. The predicted octanol–water partition coefficient (Wildman–Crippen LogP) is 4.03. The first kappa shape index (κ1) is 16.2. The van der Waals surface area contributed by atoms with E-state index >= 15 is 0 Å². The van der Waals surface area contributed by atoms with Crippen molar-refractivity contribution < 1.29 is 14.2 Å². The summed E-state index contributed by atoms with van der Waals surface area (Å²) in [5, 5.41) is 0. The van der Waals surface area contributed by atoms with E-state index in [9.17, 15) is 0 Å². The van der Waals surface area contributed by atoms with E-state index < -0.39 is 0 Å². The Balaban J connectivity index is 1.83. The van der Waals surface area contributed by atoms with Crippen molar-refractivity contribution in [2.24, 2.45) is 5.92 Å². The average molecular weight is 306 g/mol. The summed E-state index contributed by atoms with van der Waals surface area (Å²) in [6, 6.07) is 0. The van der Waals surface area contributed by atoms with Crippen LogP contribution in [0.15, 0.2) is 23.3 Å². The molecule has 0 aromatic rings. The third-order valence-corrected chi connectivity index (χ3v) is 5.64. The van der Waals surface area contributed by atoms with Gasteiger partial charge in [0.2, 0.25) is 0 Å². The van der Waals surface area contributed by atoms with Crippen LogP contribution < -0.4 is 0 Å². The Morgan fingerprint density at radius 2 is 2.14 bits per heavy atom. The Labute approximate surface area is 134 Å². The fourth-order valence-electron chi connectivity index (χ4n) is 4.32. The highest BCUT2D eigenvalue weighted by atomic mass is 16.6. The van der Waals surface area contributed by atoms with E-state index in [4.69, 9.17) is 14.2 Å². The molecule has 124 valence electrons. The van der Waals surface area contributed by atoms with Crippen LogP contribution in [0.3, 0.4) is 0 Å². The topological polar surface area (TPSA) is 34.3 Å². The molecule has 0 bridgehead atoms. The van der Waals surface area contributed by atoms with Crippen molar-refractivity contribution in [3.8, 4) is 0 Å². The Bertz CT molecular complexity index is 485. The number of epoxide rings is 2. The molecular formula is C19H30O3. The summed E-state index contributed by atoms with van der Waals surface area (Å²) < 4.78 is 18.1. The summed E-state index contributed by atoms with van der Waals surface area (Å²) in [6.45, 7) is 9.61. The van der Waals surface area contributed by atoms with Gasteiger partial charge in [0.05, 0.1) is 24.7 Å². The van der Waals surface area contributed by atoms with Gasteiger partial charge in [0.1, 0.15) is 11.2 Å². The van der Waals surface area contributed by atoms with Gasteiger partial charge in [-0.2, -0.15) is 0 Å². The lowest BCUT2D eigenvalue weighted by atomic mass is 9.67. The Hall–Kier alpha value is -0.640. The summed E-state index contributed by atoms with van der Waals surface area (Å²) in [7, 11) is 1.83. The molecule has 1 aliphatic carbocycles. The minimum atomic E-state index is -0.115. The van der Waals surface area contributed by atoms with Crippen molar-refractivity contribution in [2.75, 3.05) is 13.7 Å². The molecule has 5 atom stereocenters. The average Bonchev–Trinajstić information content (AvgIpc) is 3.37. The van der Waals surface area contributed by atoms with Crippen LogP contribution in [0.5, 0.6) is 0 Å². The SMILES string of the molecule is CC/C=C1/CC[C@]2(CO2)[C@@H]([C@]2(C)O[C@@H]2CC=C(C)C)[C@@H]1OC. The molecule has 0 radical (unpaired) electrons. The largest absolute Gasteiger partial charge is 0.377 e. The van der Waals surface area contributed by atoms with Crippen molar-refractivity contribution in [1.29, 1.82) is 0 Å². The summed E-state index contributed by atoms with van der Waals surface area (Å²) in [6.07, 6.45) is 9.32. The first-order valence-corrected chi connectivity index (χ1v) is 8.63. The van der Waals surface area contributed by atoms with E-state index in [0.717, 1.165) is 32.3 Å². The number of hydrogen-bond donors (Lipinski definition) is 0. The van der Waals surface area contributed by atoms with Crippen LogP contribution in [-0.4, -0.2) is 37.1 Å². The molecule has 2 heterocycles. The standard InChI is InChI=1S/C19H30O3/c1-6-7-14-10-11-19(12-21-19)17(16(14)20-5)18(4)15(22-18)9-8-13(2)3/h7-8,15-17H,6,9-12H2,1-5H3/b14-7-/t15-,16-,17-,18-,19+/m1/s1. The molecule has 0 unspecified atom stereocenters. The highest BCUT2D eigenvalue weighted by Gasteiger charge is 2.71. The molecule has 22 heavy (non-hydrogen) atoms. The van der Waals surface area contributed by atoms with Gasteiger partial charge in [0.25, 0.3) is 0 Å². The maximum Gasteiger partial charge on any atom is 0.101 e. The lowest BCUT2D eigenvalue weighted by Crippen LogP contribution is -2.49. The number of methoxy groups -OCH3 is 1. The van der Waals surface area contributed by atoms with Crippen LogP contribution >= 0.6 is 0 Å². The van der Waals surface area contributed by atoms with Gasteiger partial charge in [-0.3, -0.25) is 0 Å². The molecule has 3 heteroatoms. The van der Waals surface area contributed by atoms with Gasteiger partial charge in [-0.1, -0.05) is 24.6 Å². The lowest BCUT2D eigenvalue weighted by Gasteiger charge is -2.40. The van der Waals surface area contributed by atoms with Crippen LogP contribution in [0.1, 0.15) is 53.4 Å². The molecule has 3 nitrogen and oxygen atoms in total. The molecule has 0 aromatic heterocycles. The minimum Gasteiger partial charge on any atom is -0.377 e. The quantitative estimate of drug-likeness (QED) is 0.568. The Morgan fingerprint density at radius 1 is 1.41 bits per heavy atom. The van der Waals surface area contributed by atoms with Gasteiger partial charge in [-0.15, -0.1) is 0 Å². The van der Waals surface area contributed by atoms with E-state index in [0.29, 0.717) is 12.0 Å². The molecule has 2 saturated heterocycles. The van der Waals surface area contributed by atoms with Crippen molar-refractivity contribution >= 4 is 0 Å². The fraction of sp³-hybridized carbons (Fsp3) is 0.789. The molecule has 3 aliphatic rings. The first-order valence-electron chi connectivity index (χ1n) is 8.63. The molecule has 2 aliphatic heterocycles. The number of rotatable bonds is 5. The second kappa shape index (κ2) is 5.77. The van der Waals surface area contributed by atoms with Crippen LogP contribution in [0.4, 0.5) is 0 Å². The van der Waals surface area contributed by atoms with Crippen molar-refractivity contribution in [1.82, 2.24) is 0 Å². The zero-order chi connectivity index (χ0) is 16.0. The summed E-state index contributed by atoms with van der Waals surface area (Å²) in [5.41, 5.74) is 2.68. The normalized spacial score (nSPS) is 45.1.